The number of fused-ring (bicyclic) bond motifs is 1. The van der Waals surface area contributed by atoms with Crippen LogP contribution in [0.3, 0.4) is 0 Å². The first-order chi connectivity index (χ1) is 12.6. The Labute approximate surface area is 149 Å². The lowest BCUT2D eigenvalue weighted by atomic mass is 10.2. The monoisotopic (exact) mass is 355 g/mol. The van der Waals surface area contributed by atoms with Crippen LogP contribution in [0.25, 0.3) is 11.0 Å². The Morgan fingerprint density at radius 3 is 2.23 bits per heavy atom. The lowest BCUT2D eigenvalue weighted by molar-refractivity contribution is 0.0996. The van der Waals surface area contributed by atoms with Gasteiger partial charge in [-0.1, -0.05) is 12.1 Å². The number of rotatable bonds is 5. The summed E-state index contributed by atoms with van der Waals surface area (Å²) in [5.74, 6) is 0.479. The van der Waals surface area contributed by atoms with Gasteiger partial charge in [-0.2, -0.15) is 0 Å². The molecule has 0 aliphatic carbocycles. The van der Waals surface area contributed by atoms with Gasteiger partial charge >= 0.3 is 0 Å². The molecular formula is C19H17NO6. The Hall–Kier alpha value is -3.48. The zero-order valence-electron chi connectivity index (χ0n) is 14.5. The molecule has 0 aliphatic rings. The molecule has 0 saturated carbocycles. The van der Waals surface area contributed by atoms with E-state index in [9.17, 15) is 9.59 Å². The summed E-state index contributed by atoms with van der Waals surface area (Å²) >= 11 is 0. The standard InChI is InChI=1S/C19H17NO6/c1-23-11-8-15(24-2)18(16(9-11)25-3)20-19(22)17-10-13(21)12-6-4-5-7-14(12)26-17/h4-10H,1-3H3,(H,20,22). The van der Waals surface area contributed by atoms with Crippen LogP contribution in [0.2, 0.25) is 0 Å². The molecule has 0 spiro atoms. The second-order valence-corrected chi connectivity index (χ2v) is 5.33. The zero-order chi connectivity index (χ0) is 18.7. The fourth-order valence-electron chi connectivity index (χ4n) is 2.52. The first kappa shape index (κ1) is 17.3. The van der Waals surface area contributed by atoms with Crippen molar-refractivity contribution < 1.29 is 23.4 Å². The third kappa shape index (κ3) is 3.19. The third-order valence-corrected chi connectivity index (χ3v) is 3.81. The van der Waals surface area contributed by atoms with Crippen molar-refractivity contribution >= 4 is 22.6 Å². The van der Waals surface area contributed by atoms with Crippen molar-refractivity contribution in [1.29, 1.82) is 0 Å². The lowest BCUT2D eigenvalue weighted by Gasteiger charge is -2.15. The van der Waals surface area contributed by atoms with Gasteiger partial charge in [0.2, 0.25) is 0 Å². The molecule has 0 atom stereocenters. The fourth-order valence-corrected chi connectivity index (χ4v) is 2.52. The zero-order valence-corrected chi connectivity index (χ0v) is 14.5. The molecule has 26 heavy (non-hydrogen) atoms. The Morgan fingerprint density at radius 2 is 1.62 bits per heavy atom. The quantitative estimate of drug-likeness (QED) is 0.757. The first-order valence-electron chi connectivity index (χ1n) is 7.71. The molecule has 0 aliphatic heterocycles. The van der Waals surface area contributed by atoms with Crippen molar-refractivity contribution in [3.63, 3.8) is 0 Å². The number of ether oxygens (including phenoxy) is 3. The van der Waals surface area contributed by atoms with Gasteiger partial charge < -0.3 is 23.9 Å². The molecule has 0 unspecified atom stereocenters. The summed E-state index contributed by atoms with van der Waals surface area (Å²) < 4.78 is 21.3. The van der Waals surface area contributed by atoms with Gasteiger partial charge in [0.05, 0.1) is 26.7 Å². The van der Waals surface area contributed by atoms with E-state index in [1.807, 2.05) is 0 Å². The normalized spacial score (nSPS) is 10.4. The number of carbonyl (C=O) groups is 1. The van der Waals surface area contributed by atoms with Crippen molar-refractivity contribution in [2.45, 2.75) is 0 Å². The van der Waals surface area contributed by atoms with Crippen LogP contribution in [0.5, 0.6) is 17.2 Å². The van der Waals surface area contributed by atoms with Gasteiger partial charge in [-0.25, -0.2) is 0 Å². The highest BCUT2D eigenvalue weighted by molar-refractivity contribution is 6.04. The minimum atomic E-state index is -0.602. The van der Waals surface area contributed by atoms with E-state index in [0.717, 1.165) is 6.07 Å². The van der Waals surface area contributed by atoms with E-state index in [2.05, 4.69) is 5.32 Å². The number of amides is 1. The minimum Gasteiger partial charge on any atom is -0.496 e. The van der Waals surface area contributed by atoms with E-state index in [4.69, 9.17) is 18.6 Å². The highest BCUT2D eigenvalue weighted by Gasteiger charge is 2.19. The molecule has 0 bridgehead atoms. The maximum Gasteiger partial charge on any atom is 0.291 e. The van der Waals surface area contributed by atoms with Crippen LogP contribution in [0.1, 0.15) is 10.6 Å². The van der Waals surface area contributed by atoms with Crippen molar-refractivity contribution in [3.05, 3.63) is 58.4 Å². The predicted octanol–water partition coefficient (Wildman–Crippen LogP) is 3.07. The molecule has 0 saturated heterocycles. The number of benzene rings is 2. The van der Waals surface area contributed by atoms with Crippen LogP contribution < -0.4 is 25.0 Å². The summed E-state index contributed by atoms with van der Waals surface area (Å²) in [7, 11) is 4.43. The second-order valence-electron chi connectivity index (χ2n) is 5.33. The second kappa shape index (κ2) is 7.18. The SMILES string of the molecule is COc1cc(OC)c(NC(=O)c2cc(=O)c3ccccc3o2)c(OC)c1. The smallest absolute Gasteiger partial charge is 0.291 e. The largest absolute Gasteiger partial charge is 0.496 e. The average molecular weight is 355 g/mol. The number of nitrogens with one attached hydrogen (secondary N) is 1. The Kier molecular flexibility index (Phi) is 4.79. The number of methoxy groups -OCH3 is 3. The number of hydrogen-bond donors (Lipinski definition) is 1. The van der Waals surface area contributed by atoms with Gasteiger partial charge in [0.25, 0.3) is 5.91 Å². The minimum absolute atomic E-state index is 0.117. The van der Waals surface area contributed by atoms with E-state index in [-0.39, 0.29) is 11.2 Å². The van der Waals surface area contributed by atoms with Gasteiger partial charge in [0, 0.05) is 18.2 Å². The van der Waals surface area contributed by atoms with Gasteiger partial charge in [-0.3, -0.25) is 9.59 Å². The Balaban J connectivity index is 2.02. The summed E-state index contributed by atoms with van der Waals surface area (Å²) in [4.78, 5) is 24.8. The van der Waals surface area contributed by atoms with Crippen LogP contribution in [0.15, 0.2) is 51.7 Å². The van der Waals surface area contributed by atoms with Crippen LogP contribution in [-0.4, -0.2) is 27.2 Å². The third-order valence-electron chi connectivity index (χ3n) is 3.81. The molecule has 1 heterocycles. The van der Waals surface area contributed by atoms with E-state index in [0.29, 0.717) is 33.9 Å². The van der Waals surface area contributed by atoms with E-state index < -0.39 is 5.91 Å². The van der Waals surface area contributed by atoms with Crippen LogP contribution in [0, 0.1) is 0 Å². The van der Waals surface area contributed by atoms with Crippen LogP contribution >= 0.6 is 0 Å². The topological polar surface area (TPSA) is 87.0 Å². The fraction of sp³-hybridized carbons (Fsp3) is 0.158. The average Bonchev–Trinajstić information content (AvgIpc) is 2.67. The predicted molar refractivity (Wildman–Crippen MR) is 96.5 cm³/mol. The van der Waals surface area contributed by atoms with Crippen molar-refractivity contribution in [1.82, 2.24) is 0 Å². The maximum absolute atomic E-state index is 12.6. The van der Waals surface area contributed by atoms with Crippen LogP contribution in [0.4, 0.5) is 5.69 Å². The summed E-state index contributed by atoms with van der Waals surface area (Å²) in [6.07, 6.45) is 0. The summed E-state index contributed by atoms with van der Waals surface area (Å²) in [5, 5.41) is 3.07. The van der Waals surface area contributed by atoms with Crippen LogP contribution in [-0.2, 0) is 0 Å². The molecule has 2 aromatic carbocycles. The van der Waals surface area contributed by atoms with E-state index in [1.165, 1.54) is 21.3 Å². The number of carbonyl (C=O) groups excluding carboxylic acids is 1. The number of para-hydroxylation sites is 1. The Bertz CT molecular complexity index is 999. The molecule has 0 fully saturated rings. The molecule has 7 nitrogen and oxygen atoms in total. The summed E-state index contributed by atoms with van der Waals surface area (Å²) in [5.41, 5.74) is 0.334. The molecule has 3 rings (SSSR count). The molecular weight excluding hydrogens is 338 g/mol. The van der Waals surface area contributed by atoms with Gasteiger partial charge in [-0.15, -0.1) is 0 Å². The maximum atomic E-state index is 12.6. The highest BCUT2D eigenvalue weighted by atomic mass is 16.5. The van der Waals surface area contributed by atoms with Gasteiger partial charge in [-0.05, 0) is 12.1 Å². The molecule has 1 amide bonds. The van der Waals surface area contributed by atoms with Crippen molar-refractivity contribution in [2.24, 2.45) is 0 Å². The lowest BCUT2D eigenvalue weighted by Crippen LogP contribution is -2.16. The Morgan fingerprint density at radius 1 is 0.962 bits per heavy atom. The molecule has 3 aromatic rings. The molecule has 1 aromatic heterocycles. The van der Waals surface area contributed by atoms with E-state index >= 15 is 0 Å². The molecule has 134 valence electrons. The number of anilines is 1. The molecule has 1 N–H and O–H groups in total. The summed E-state index contributed by atoms with van der Waals surface area (Å²) in [6.45, 7) is 0. The number of hydrogen-bond acceptors (Lipinski definition) is 6. The van der Waals surface area contributed by atoms with Gasteiger partial charge in [0.15, 0.2) is 11.2 Å². The highest BCUT2D eigenvalue weighted by Crippen LogP contribution is 2.39. The van der Waals surface area contributed by atoms with Crippen molar-refractivity contribution in [3.8, 4) is 17.2 Å². The molecule has 0 radical (unpaired) electrons. The molecule has 7 heteroatoms. The first-order valence-corrected chi connectivity index (χ1v) is 7.71. The van der Waals surface area contributed by atoms with E-state index in [1.54, 1.807) is 36.4 Å². The van der Waals surface area contributed by atoms with Crippen molar-refractivity contribution in [2.75, 3.05) is 26.6 Å². The van der Waals surface area contributed by atoms with Gasteiger partial charge in [0.1, 0.15) is 28.5 Å². The summed E-state index contributed by atoms with van der Waals surface area (Å²) in [6, 6.07) is 11.1.